The van der Waals surface area contributed by atoms with Crippen LogP contribution in [0, 0.1) is 6.92 Å². The van der Waals surface area contributed by atoms with Crippen LogP contribution >= 0.6 is 0 Å². The summed E-state index contributed by atoms with van der Waals surface area (Å²) in [6, 6.07) is 2.14. The van der Waals surface area contributed by atoms with Gasteiger partial charge in [0.15, 0.2) is 0 Å². The first kappa shape index (κ1) is 10.1. The lowest BCUT2D eigenvalue weighted by atomic mass is 10.1. The zero-order chi connectivity index (χ0) is 11.0. The summed E-state index contributed by atoms with van der Waals surface area (Å²) in [5.74, 6) is 1.32. The van der Waals surface area contributed by atoms with Crippen LogP contribution in [0.5, 0.6) is 0 Å². The van der Waals surface area contributed by atoms with E-state index in [9.17, 15) is 0 Å². The lowest BCUT2D eigenvalue weighted by molar-refractivity contribution is 0.789. The first-order chi connectivity index (χ1) is 7.11. The Morgan fingerprint density at radius 1 is 1.33 bits per heavy atom. The van der Waals surface area contributed by atoms with Gasteiger partial charge in [0, 0.05) is 17.6 Å². The number of aromatic nitrogens is 3. The third-order valence-electron chi connectivity index (χ3n) is 2.60. The van der Waals surface area contributed by atoms with Crippen molar-refractivity contribution in [3.05, 3.63) is 29.3 Å². The largest absolute Gasteiger partial charge is 0.288 e. The molecule has 3 heteroatoms. The average molecular weight is 203 g/mol. The molecule has 0 N–H and O–H groups in total. The quantitative estimate of drug-likeness (QED) is 0.751. The van der Waals surface area contributed by atoms with Gasteiger partial charge in [-0.25, -0.2) is 9.97 Å². The second-order valence-corrected chi connectivity index (χ2v) is 4.23. The molecule has 3 nitrogen and oxygen atoms in total. The highest BCUT2D eigenvalue weighted by Crippen LogP contribution is 2.17. The van der Waals surface area contributed by atoms with Gasteiger partial charge >= 0.3 is 0 Å². The molecule has 0 aliphatic rings. The molecule has 0 aliphatic carbocycles. The van der Waals surface area contributed by atoms with Gasteiger partial charge in [-0.3, -0.25) is 4.40 Å². The van der Waals surface area contributed by atoms with Crippen molar-refractivity contribution in [3.63, 3.8) is 0 Å². The van der Waals surface area contributed by atoms with Crippen molar-refractivity contribution < 1.29 is 0 Å². The van der Waals surface area contributed by atoms with Gasteiger partial charge in [-0.2, -0.15) is 0 Å². The van der Waals surface area contributed by atoms with Crippen molar-refractivity contribution >= 4 is 5.78 Å². The number of hydrogen-bond acceptors (Lipinski definition) is 2. The SMILES string of the molecule is CCc1cn2c(C(C)C)cc(C)nc2n1. The molecular formula is C12H17N3. The van der Waals surface area contributed by atoms with E-state index in [1.54, 1.807) is 0 Å². The van der Waals surface area contributed by atoms with Gasteiger partial charge in [0.25, 0.3) is 0 Å². The Morgan fingerprint density at radius 3 is 2.67 bits per heavy atom. The number of nitrogens with zero attached hydrogens (tertiary/aromatic N) is 3. The Bertz CT molecular complexity index is 483. The van der Waals surface area contributed by atoms with Crippen molar-refractivity contribution in [1.29, 1.82) is 0 Å². The summed E-state index contributed by atoms with van der Waals surface area (Å²) < 4.78 is 2.11. The lowest BCUT2D eigenvalue weighted by Crippen LogP contribution is -2.01. The second kappa shape index (κ2) is 3.65. The number of imidazole rings is 1. The Morgan fingerprint density at radius 2 is 2.07 bits per heavy atom. The molecule has 0 spiro atoms. The van der Waals surface area contributed by atoms with E-state index >= 15 is 0 Å². The summed E-state index contributed by atoms with van der Waals surface area (Å²) in [6.45, 7) is 8.52. The predicted molar refractivity (Wildman–Crippen MR) is 61.2 cm³/mol. The maximum atomic E-state index is 4.49. The van der Waals surface area contributed by atoms with Crippen LogP contribution in [0.3, 0.4) is 0 Å². The monoisotopic (exact) mass is 203 g/mol. The summed E-state index contributed by atoms with van der Waals surface area (Å²) in [5, 5.41) is 0. The van der Waals surface area contributed by atoms with E-state index in [1.807, 2.05) is 6.92 Å². The molecule has 0 aliphatic heterocycles. The molecule has 0 bridgehead atoms. The van der Waals surface area contributed by atoms with Crippen molar-refractivity contribution in [3.8, 4) is 0 Å². The smallest absolute Gasteiger partial charge is 0.234 e. The van der Waals surface area contributed by atoms with Gasteiger partial charge in [-0.1, -0.05) is 20.8 Å². The zero-order valence-electron chi connectivity index (χ0n) is 9.78. The van der Waals surface area contributed by atoms with Gasteiger partial charge in [0.2, 0.25) is 5.78 Å². The third kappa shape index (κ3) is 1.74. The molecule has 0 fully saturated rings. The van der Waals surface area contributed by atoms with Gasteiger partial charge in [0.05, 0.1) is 5.69 Å². The summed E-state index contributed by atoms with van der Waals surface area (Å²) in [4.78, 5) is 8.93. The third-order valence-corrected chi connectivity index (χ3v) is 2.60. The molecule has 0 amide bonds. The standard InChI is InChI=1S/C12H17N3/c1-5-10-7-15-11(8(2)3)6-9(4)13-12(15)14-10/h6-8H,5H2,1-4H3. The van der Waals surface area contributed by atoms with Gasteiger partial charge in [-0.05, 0) is 25.3 Å². The predicted octanol–water partition coefficient (Wildman–Crippen LogP) is 2.72. The van der Waals surface area contributed by atoms with Crippen LogP contribution in [0.15, 0.2) is 12.3 Å². The minimum atomic E-state index is 0.494. The van der Waals surface area contributed by atoms with Gasteiger partial charge < -0.3 is 0 Å². The number of rotatable bonds is 2. The Kier molecular flexibility index (Phi) is 2.47. The van der Waals surface area contributed by atoms with Crippen LogP contribution in [0.4, 0.5) is 0 Å². The summed E-state index contributed by atoms with van der Waals surface area (Å²) >= 11 is 0. The topological polar surface area (TPSA) is 30.2 Å². The summed E-state index contributed by atoms with van der Waals surface area (Å²) in [6.07, 6.45) is 3.05. The highest BCUT2D eigenvalue weighted by molar-refractivity contribution is 5.36. The van der Waals surface area contributed by atoms with E-state index in [-0.39, 0.29) is 0 Å². The average Bonchev–Trinajstić information content (AvgIpc) is 2.58. The molecule has 0 saturated carbocycles. The maximum Gasteiger partial charge on any atom is 0.234 e. The van der Waals surface area contributed by atoms with Gasteiger partial charge in [-0.15, -0.1) is 0 Å². The highest BCUT2D eigenvalue weighted by atomic mass is 15.1. The minimum Gasteiger partial charge on any atom is -0.288 e. The van der Waals surface area contributed by atoms with Crippen LogP contribution in [0.1, 0.15) is 43.8 Å². The number of hydrogen-bond donors (Lipinski definition) is 0. The summed E-state index contributed by atoms with van der Waals surface area (Å²) in [7, 11) is 0. The fourth-order valence-corrected chi connectivity index (χ4v) is 1.78. The molecule has 80 valence electrons. The van der Waals surface area contributed by atoms with E-state index in [4.69, 9.17) is 0 Å². The zero-order valence-corrected chi connectivity index (χ0v) is 9.78. The fraction of sp³-hybridized carbons (Fsp3) is 0.500. The molecule has 2 rings (SSSR count). The van der Waals surface area contributed by atoms with Crippen LogP contribution in [-0.4, -0.2) is 14.4 Å². The highest BCUT2D eigenvalue weighted by Gasteiger charge is 2.09. The van der Waals surface area contributed by atoms with Gasteiger partial charge in [0.1, 0.15) is 0 Å². The molecule has 2 heterocycles. The fourth-order valence-electron chi connectivity index (χ4n) is 1.78. The lowest BCUT2D eigenvalue weighted by Gasteiger charge is -2.08. The van der Waals surface area contributed by atoms with Crippen molar-refractivity contribution in [2.45, 2.75) is 40.0 Å². The van der Waals surface area contributed by atoms with Crippen LogP contribution in [0.25, 0.3) is 5.78 Å². The number of aryl methyl sites for hydroxylation is 2. The number of fused-ring (bicyclic) bond motifs is 1. The Balaban J connectivity index is 2.72. The van der Waals surface area contributed by atoms with Crippen molar-refractivity contribution in [1.82, 2.24) is 14.4 Å². The Labute approximate surface area is 90.2 Å². The normalized spacial score (nSPS) is 11.5. The maximum absolute atomic E-state index is 4.49. The van der Waals surface area contributed by atoms with Crippen molar-refractivity contribution in [2.24, 2.45) is 0 Å². The molecule has 0 atom stereocenters. The van der Waals surface area contributed by atoms with E-state index in [1.165, 1.54) is 5.69 Å². The van der Waals surface area contributed by atoms with E-state index in [0.29, 0.717) is 5.92 Å². The van der Waals surface area contributed by atoms with E-state index < -0.39 is 0 Å². The first-order valence-electron chi connectivity index (χ1n) is 5.47. The van der Waals surface area contributed by atoms with Crippen LogP contribution in [-0.2, 0) is 6.42 Å². The summed E-state index contributed by atoms with van der Waals surface area (Å²) in [5.41, 5.74) is 3.43. The molecule has 0 saturated heterocycles. The Hall–Kier alpha value is -1.38. The molecule has 15 heavy (non-hydrogen) atoms. The van der Waals surface area contributed by atoms with Crippen LogP contribution < -0.4 is 0 Å². The molecule has 0 aromatic carbocycles. The van der Waals surface area contributed by atoms with E-state index in [0.717, 1.165) is 23.6 Å². The minimum absolute atomic E-state index is 0.494. The second-order valence-electron chi connectivity index (χ2n) is 4.23. The van der Waals surface area contributed by atoms with E-state index in [2.05, 4.69) is 47.4 Å². The molecule has 0 radical (unpaired) electrons. The van der Waals surface area contributed by atoms with Crippen molar-refractivity contribution in [2.75, 3.05) is 0 Å². The van der Waals surface area contributed by atoms with Crippen LogP contribution in [0.2, 0.25) is 0 Å². The molecule has 2 aromatic heterocycles. The molecule has 0 unspecified atom stereocenters. The first-order valence-corrected chi connectivity index (χ1v) is 5.47. The molecule has 2 aromatic rings. The molecular weight excluding hydrogens is 186 g/mol.